The van der Waals surface area contributed by atoms with Crippen LogP contribution in [0.3, 0.4) is 0 Å². The smallest absolute Gasteiger partial charge is 0.252 e. The van der Waals surface area contributed by atoms with Crippen LogP contribution in [0.4, 0.5) is 4.39 Å². The zero-order valence-corrected chi connectivity index (χ0v) is 11.3. The highest BCUT2D eigenvalue weighted by Gasteiger charge is 2.08. The molecule has 1 amide bonds. The molecule has 0 unspecified atom stereocenters. The number of rotatable bonds is 5. The van der Waals surface area contributed by atoms with Crippen molar-refractivity contribution >= 4 is 18.3 Å². The van der Waals surface area contributed by atoms with Crippen LogP contribution in [0.5, 0.6) is 0 Å². The molecule has 2 rings (SSSR count). The Morgan fingerprint density at radius 3 is 2.52 bits per heavy atom. The normalized spacial score (nSPS) is 10.5. The van der Waals surface area contributed by atoms with Gasteiger partial charge in [0.2, 0.25) is 0 Å². The average molecular weight is 283 g/mol. The van der Waals surface area contributed by atoms with Crippen molar-refractivity contribution in [2.45, 2.75) is 0 Å². The van der Waals surface area contributed by atoms with Crippen LogP contribution < -0.4 is 5.32 Å². The number of nitrogens with one attached hydrogen (secondary N) is 1. The quantitative estimate of drug-likeness (QED) is 0.857. The van der Waals surface area contributed by atoms with Crippen molar-refractivity contribution in [2.24, 2.45) is 0 Å². The van der Waals surface area contributed by atoms with E-state index in [9.17, 15) is 14.0 Å². The van der Waals surface area contributed by atoms with Gasteiger partial charge in [0.15, 0.2) is 6.29 Å². The van der Waals surface area contributed by atoms with Gasteiger partial charge < -0.3 is 5.32 Å². The van der Waals surface area contributed by atoms with Crippen molar-refractivity contribution in [3.63, 3.8) is 0 Å². The largest absolute Gasteiger partial charge is 0.349 e. The van der Waals surface area contributed by atoms with Crippen molar-refractivity contribution in [3.05, 3.63) is 77.1 Å². The summed E-state index contributed by atoms with van der Waals surface area (Å²) in [6, 6.07) is 12.6. The average Bonchev–Trinajstić information content (AvgIpc) is 2.53. The van der Waals surface area contributed by atoms with Crippen LogP contribution in [0, 0.1) is 5.82 Å². The number of hydrogen-bond acceptors (Lipinski definition) is 2. The lowest BCUT2D eigenvalue weighted by molar-refractivity contribution is 0.0952. The first-order chi connectivity index (χ1) is 10.2. The molecule has 0 heterocycles. The van der Waals surface area contributed by atoms with E-state index >= 15 is 0 Å². The van der Waals surface area contributed by atoms with Gasteiger partial charge in [0.05, 0.1) is 0 Å². The van der Waals surface area contributed by atoms with Gasteiger partial charge in [0.1, 0.15) is 5.82 Å². The first kappa shape index (κ1) is 14.7. The Labute approximate surface area is 122 Å². The van der Waals surface area contributed by atoms with Crippen molar-refractivity contribution < 1.29 is 14.0 Å². The number of carbonyl (C=O) groups excluding carboxylic acids is 2. The Morgan fingerprint density at radius 2 is 1.81 bits per heavy atom. The first-order valence-corrected chi connectivity index (χ1v) is 6.45. The van der Waals surface area contributed by atoms with Crippen molar-refractivity contribution in [1.29, 1.82) is 0 Å². The zero-order chi connectivity index (χ0) is 15.1. The highest BCUT2D eigenvalue weighted by molar-refractivity contribution is 6.01. The summed E-state index contributed by atoms with van der Waals surface area (Å²) in [5, 5.41) is 2.70. The molecular formula is C17H14FNO2. The standard InChI is InChI=1S/C17H14FNO2/c18-15-9-7-13(8-10-15)4-3-11-19-17(21)16-6-2-1-5-14(16)12-20/h1-10,12H,11H2,(H,19,21)/b4-3+. The molecule has 0 spiro atoms. The zero-order valence-electron chi connectivity index (χ0n) is 11.3. The van der Waals surface area contributed by atoms with Crippen molar-refractivity contribution in [2.75, 3.05) is 6.54 Å². The lowest BCUT2D eigenvalue weighted by Crippen LogP contribution is -2.24. The van der Waals surface area contributed by atoms with E-state index in [0.717, 1.165) is 5.56 Å². The number of benzene rings is 2. The van der Waals surface area contributed by atoms with Crippen LogP contribution in [-0.2, 0) is 0 Å². The Morgan fingerprint density at radius 1 is 1.10 bits per heavy atom. The number of amides is 1. The molecule has 0 aliphatic carbocycles. The molecule has 0 saturated carbocycles. The van der Waals surface area contributed by atoms with Gasteiger partial charge in [-0.05, 0) is 23.8 Å². The number of aldehydes is 1. The number of carbonyl (C=O) groups is 2. The van der Waals surface area contributed by atoms with E-state index in [2.05, 4.69) is 5.32 Å². The third kappa shape index (κ3) is 4.11. The van der Waals surface area contributed by atoms with Gasteiger partial charge >= 0.3 is 0 Å². The fourth-order valence-electron chi connectivity index (χ4n) is 1.82. The summed E-state index contributed by atoms with van der Waals surface area (Å²) in [4.78, 5) is 22.8. The second-order valence-electron chi connectivity index (χ2n) is 4.37. The maximum absolute atomic E-state index is 12.7. The highest BCUT2D eigenvalue weighted by Crippen LogP contribution is 2.06. The molecule has 2 aromatic carbocycles. The molecule has 1 N–H and O–H groups in total. The molecule has 0 aliphatic heterocycles. The van der Waals surface area contributed by atoms with E-state index in [1.54, 1.807) is 48.6 Å². The number of halogens is 1. The predicted molar refractivity (Wildman–Crippen MR) is 79.6 cm³/mol. The third-order valence-corrected chi connectivity index (χ3v) is 2.89. The second kappa shape index (κ2) is 7.14. The van der Waals surface area contributed by atoms with Crippen LogP contribution in [0.15, 0.2) is 54.6 Å². The van der Waals surface area contributed by atoms with Gasteiger partial charge in [-0.25, -0.2) is 4.39 Å². The molecule has 0 saturated heterocycles. The molecule has 21 heavy (non-hydrogen) atoms. The summed E-state index contributed by atoms with van der Waals surface area (Å²) < 4.78 is 12.7. The van der Waals surface area contributed by atoms with Gasteiger partial charge in [-0.3, -0.25) is 9.59 Å². The minimum Gasteiger partial charge on any atom is -0.349 e. The fraction of sp³-hybridized carbons (Fsp3) is 0.0588. The van der Waals surface area contributed by atoms with E-state index < -0.39 is 0 Å². The maximum atomic E-state index is 12.7. The Bertz CT molecular complexity index is 663. The molecule has 0 radical (unpaired) electrons. The Hall–Kier alpha value is -2.75. The van der Waals surface area contributed by atoms with Crippen LogP contribution in [0.1, 0.15) is 26.3 Å². The molecule has 3 nitrogen and oxygen atoms in total. The topological polar surface area (TPSA) is 46.2 Å². The minimum atomic E-state index is -0.304. The molecule has 0 aliphatic rings. The van der Waals surface area contributed by atoms with Crippen LogP contribution in [0.25, 0.3) is 6.08 Å². The molecular weight excluding hydrogens is 269 g/mol. The second-order valence-corrected chi connectivity index (χ2v) is 4.37. The summed E-state index contributed by atoms with van der Waals surface area (Å²) in [7, 11) is 0. The van der Waals surface area contributed by atoms with E-state index in [0.29, 0.717) is 24.0 Å². The van der Waals surface area contributed by atoms with Gasteiger partial charge in [-0.1, -0.05) is 42.5 Å². The molecule has 0 fully saturated rings. The van der Waals surface area contributed by atoms with Crippen LogP contribution in [0.2, 0.25) is 0 Å². The SMILES string of the molecule is O=Cc1ccccc1C(=O)NC/C=C/c1ccc(F)cc1. The summed E-state index contributed by atoms with van der Waals surface area (Å²) in [5.74, 6) is -0.590. The molecule has 0 atom stereocenters. The monoisotopic (exact) mass is 283 g/mol. The summed E-state index contributed by atoms with van der Waals surface area (Å²) >= 11 is 0. The third-order valence-electron chi connectivity index (χ3n) is 2.89. The maximum Gasteiger partial charge on any atom is 0.252 e. The Kier molecular flexibility index (Phi) is 4.99. The highest BCUT2D eigenvalue weighted by atomic mass is 19.1. The van der Waals surface area contributed by atoms with Gasteiger partial charge in [0.25, 0.3) is 5.91 Å². The van der Waals surface area contributed by atoms with Crippen molar-refractivity contribution in [1.82, 2.24) is 5.32 Å². The summed E-state index contributed by atoms with van der Waals surface area (Å²) in [6.07, 6.45) is 4.20. The van der Waals surface area contributed by atoms with E-state index in [-0.39, 0.29) is 11.7 Å². The predicted octanol–water partition coefficient (Wildman–Crippen LogP) is 3.08. The van der Waals surface area contributed by atoms with E-state index in [4.69, 9.17) is 0 Å². The van der Waals surface area contributed by atoms with Crippen LogP contribution >= 0.6 is 0 Å². The minimum absolute atomic E-state index is 0.286. The lowest BCUT2D eigenvalue weighted by atomic mass is 10.1. The first-order valence-electron chi connectivity index (χ1n) is 6.45. The molecule has 106 valence electrons. The Balaban J connectivity index is 1.92. The van der Waals surface area contributed by atoms with E-state index in [1.165, 1.54) is 12.1 Å². The van der Waals surface area contributed by atoms with Gasteiger partial charge in [0, 0.05) is 17.7 Å². The molecule has 0 bridgehead atoms. The van der Waals surface area contributed by atoms with Crippen molar-refractivity contribution in [3.8, 4) is 0 Å². The molecule has 4 heteroatoms. The van der Waals surface area contributed by atoms with Gasteiger partial charge in [-0.2, -0.15) is 0 Å². The van der Waals surface area contributed by atoms with E-state index in [1.807, 2.05) is 0 Å². The summed E-state index contributed by atoms with van der Waals surface area (Å²) in [5.41, 5.74) is 1.55. The molecule has 2 aromatic rings. The van der Waals surface area contributed by atoms with Crippen LogP contribution in [-0.4, -0.2) is 18.7 Å². The fourth-order valence-corrected chi connectivity index (χ4v) is 1.82. The lowest BCUT2D eigenvalue weighted by Gasteiger charge is -2.04. The van der Waals surface area contributed by atoms with Gasteiger partial charge in [-0.15, -0.1) is 0 Å². The number of hydrogen-bond donors (Lipinski definition) is 1. The summed E-state index contributed by atoms with van der Waals surface area (Å²) in [6.45, 7) is 0.323. The molecule has 0 aromatic heterocycles.